The Labute approximate surface area is 206 Å². The lowest BCUT2D eigenvalue weighted by atomic mass is 9.97. The number of hydrogen-bond donors (Lipinski definition) is 2. The van der Waals surface area contributed by atoms with Crippen molar-refractivity contribution in [2.24, 2.45) is 5.92 Å². The molecule has 35 heavy (non-hydrogen) atoms. The van der Waals surface area contributed by atoms with E-state index in [1.54, 1.807) is 25.6 Å². The Hall–Kier alpha value is -3.87. The molecule has 7 nitrogen and oxygen atoms in total. The van der Waals surface area contributed by atoms with Crippen molar-refractivity contribution in [1.29, 1.82) is 0 Å². The van der Waals surface area contributed by atoms with Gasteiger partial charge < -0.3 is 20.3 Å². The van der Waals surface area contributed by atoms with Crippen molar-refractivity contribution in [2.75, 3.05) is 30.4 Å². The third-order valence-electron chi connectivity index (χ3n) is 6.35. The molecule has 1 aliphatic heterocycles. The number of carbonyl (C=O) groups excluding carboxylic acids is 2. The van der Waals surface area contributed by atoms with Crippen molar-refractivity contribution in [3.05, 3.63) is 83.7 Å². The molecule has 2 N–H and O–H groups in total. The molecular formula is C28H32N4O3. The van der Waals surface area contributed by atoms with Crippen molar-refractivity contribution in [3.63, 3.8) is 0 Å². The SMILES string of the molecule is COc1ccc(CC(=O)Nc2ccc(N3CCC(C)CC3)c(C(=O)NCc3cccnc3)c2)cc1. The van der Waals surface area contributed by atoms with E-state index in [-0.39, 0.29) is 18.2 Å². The highest BCUT2D eigenvalue weighted by atomic mass is 16.5. The van der Waals surface area contributed by atoms with E-state index >= 15 is 0 Å². The first kappa shape index (κ1) is 24.3. The van der Waals surface area contributed by atoms with E-state index < -0.39 is 0 Å². The summed E-state index contributed by atoms with van der Waals surface area (Å²) < 4.78 is 5.17. The van der Waals surface area contributed by atoms with Gasteiger partial charge in [-0.05, 0) is 66.3 Å². The molecule has 3 aromatic rings. The number of hydrogen-bond acceptors (Lipinski definition) is 5. The predicted molar refractivity (Wildman–Crippen MR) is 138 cm³/mol. The lowest BCUT2D eigenvalue weighted by Gasteiger charge is -2.33. The summed E-state index contributed by atoms with van der Waals surface area (Å²) in [6.45, 7) is 4.47. The molecule has 2 amide bonds. The number of nitrogens with zero attached hydrogens (tertiary/aromatic N) is 2. The Bertz CT molecular complexity index is 1140. The standard InChI is InChI=1S/C28H32N4O3/c1-20-11-14-32(15-12-20)26-10-7-23(31-27(33)16-21-5-8-24(35-2)9-6-21)17-25(26)28(34)30-19-22-4-3-13-29-18-22/h3-10,13,17-18,20H,11-12,14-16,19H2,1-2H3,(H,30,34)(H,31,33). The average molecular weight is 473 g/mol. The number of carbonyl (C=O) groups is 2. The molecular weight excluding hydrogens is 440 g/mol. The number of benzene rings is 2. The smallest absolute Gasteiger partial charge is 0.253 e. The number of pyridine rings is 1. The van der Waals surface area contributed by atoms with Crippen molar-refractivity contribution < 1.29 is 14.3 Å². The maximum absolute atomic E-state index is 13.3. The van der Waals surface area contributed by atoms with Crippen LogP contribution in [0.3, 0.4) is 0 Å². The normalized spacial score (nSPS) is 13.8. The average Bonchev–Trinajstić information content (AvgIpc) is 2.89. The van der Waals surface area contributed by atoms with Gasteiger partial charge in [0.15, 0.2) is 0 Å². The van der Waals surface area contributed by atoms with Crippen LogP contribution in [0.5, 0.6) is 5.75 Å². The van der Waals surface area contributed by atoms with Gasteiger partial charge in [0.25, 0.3) is 5.91 Å². The summed E-state index contributed by atoms with van der Waals surface area (Å²) >= 11 is 0. The Morgan fingerprint density at radius 3 is 2.51 bits per heavy atom. The summed E-state index contributed by atoms with van der Waals surface area (Å²) in [7, 11) is 1.61. The number of aromatic nitrogens is 1. The van der Waals surface area contributed by atoms with Gasteiger partial charge in [-0.15, -0.1) is 0 Å². The van der Waals surface area contributed by atoms with Crippen molar-refractivity contribution in [3.8, 4) is 5.75 Å². The number of methoxy groups -OCH3 is 1. The van der Waals surface area contributed by atoms with Gasteiger partial charge in [0.1, 0.15) is 5.75 Å². The first-order valence-corrected chi connectivity index (χ1v) is 12.0. The molecule has 4 rings (SSSR count). The molecule has 0 aliphatic carbocycles. The van der Waals surface area contributed by atoms with Gasteiger partial charge in [-0.2, -0.15) is 0 Å². The van der Waals surface area contributed by atoms with Crippen LogP contribution in [0.1, 0.15) is 41.3 Å². The molecule has 182 valence electrons. The monoisotopic (exact) mass is 472 g/mol. The van der Waals surface area contributed by atoms with E-state index in [1.165, 1.54) is 0 Å². The number of rotatable bonds is 8. The van der Waals surface area contributed by atoms with Gasteiger partial charge in [-0.1, -0.05) is 25.1 Å². The van der Waals surface area contributed by atoms with Gasteiger partial charge in [0, 0.05) is 43.4 Å². The number of amides is 2. The third kappa shape index (κ3) is 6.59. The number of ether oxygens (including phenoxy) is 1. The Morgan fingerprint density at radius 1 is 1.06 bits per heavy atom. The maximum atomic E-state index is 13.3. The lowest BCUT2D eigenvalue weighted by Crippen LogP contribution is -2.35. The largest absolute Gasteiger partial charge is 0.497 e. The molecule has 1 fully saturated rings. The van der Waals surface area contributed by atoms with Crippen LogP contribution in [0, 0.1) is 5.92 Å². The van der Waals surface area contributed by atoms with Crippen LogP contribution in [-0.2, 0) is 17.8 Å². The van der Waals surface area contributed by atoms with Crippen LogP contribution < -0.4 is 20.3 Å². The van der Waals surface area contributed by atoms with E-state index in [1.807, 2.05) is 48.5 Å². The highest BCUT2D eigenvalue weighted by molar-refractivity contribution is 6.02. The van der Waals surface area contributed by atoms with Crippen LogP contribution >= 0.6 is 0 Å². The fourth-order valence-electron chi connectivity index (χ4n) is 4.24. The third-order valence-corrected chi connectivity index (χ3v) is 6.35. The summed E-state index contributed by atoms with van der Waals surface area (Å²) in [4.78, 5) is 32.3. The van der Waals surface area contributed by atoms with E-state index in [4.69, 9.17) is 4.74 Å². The van der Waals surface area contributed by atoms with E-state index in [2.05, 4.69) is 27.4 Å². The summed E-state index contributed by atoms with van der Waals surface area (Å²) in [5, 5.41) is 5.95. The minimum Gasteiger partial charge on any atom is -0.497 e. The summed E-state index contributed by atoms with van der Waals surface area (Å²) in [6.07, 6.45) is 5.87. The Morgan fingerprint density at radius 2 is 1.83 bits per heavy atom. The number of anilines is 2. The fraction of sp³-hybridized carbons (Fsp3) is 0.321. The van der Waals surface area contributed by atoms with Gasteiger partial charge in [0.2, 0.25) is 5.91 Å². The minimum absolute atomic E-state index is 0.142. The highest BCUT2D eigenvalue weighted by Gasteiger charge is 2.22. The fourth-order valence-corrected chi connectivity index (χ4v) is 4.24. The Kier molecular flexibility index (Phi) is 7.98. The van der Waals surface area contributed by atoms with Gasteiger partial charge in [-0.25, -0.2) is 0 Å². The molecule has 7 heteroatoms. The zero-order valence-electron chi connectivity index (χ0n) is 20.3. The van der Waals surface area contributed by atoms with Crippen LogP contribution in [0.25, 0.3) is 0 Å². The van der Waals surface area contributed by atoms with Gasteiger partial charge >= 0.3 is 0 Å². The molecule has 0 radical (unpaired) electrons. The van der Waals surface area contributed by atoms with E-state index in [0.29, 0.717) is 23.7 Å². The molecule has 1 saturated heterocycles. The number of piperidine rings is 1. The molecule has 0 saturated carbocycles. The molecule has 0 bridgehead atoms. The topological polar surface area (TPSA) is 83.6 Å². The quantitative estimate of drug-likeness (QED) is 0.507. The van der Waals surface area contributed by atoms with Crippen LogP contribution in [0.4, 0.5) is 11.4 Å². The van der Waals surface area contributed by atoms with Gasteiger partial charge in [-0.3, -0.25) is 14.6 Å². The number of nitrogens with one attached hydrogen (secondary N) is 2. The molecule has 1 aromatic heterocycles. The van der Waals surface area contributed by atoms with E-state index in [9.17, 15) is 9.59 Å². The summed E-state index contributed by atoms with van der Waals surface area (Å²) in [6, 6.07) is 16.8. The molecule has 0 atom stereocenters. The summed E-state index contributed by atoms with van der Waals surface area (Å²) in [5.41, 5.74) is 3.87. The van der Waals surface area contributed by atoms with E-state index in [0.717, 1.165) is 48.5 Å². The zero-order chi connectivity index (χ0) is 24.6. The Balaban J connectivity index is 1.50. The van der Waals surface area contributed by atoms with Crippen molar-refractivity contribution >= 4 is 23.2 Å². The van der Waals surface area contributed by atoms with Gasteiger partial charge in [0.05, 0.1) is 19.1 Å². The second-order valence-electron chi connectivity index (χ2n) is 9.02. The van der Waals surface area contributed by atoms with Crippen molar-refractivity contribution in [2.45, 2.75) is 32.7 Å². The maximum Gasteiger partial charge on any atom is 0.253 e. The second kappa shape index (κ2) is 11.5. The predicted octanol–water partition coefficient (Wildman–Crippen LogP) is 4.44. The molecule has 0 unspecified atom stereocenters. The molecule has 1 aliphatic rings. The highest BCUT2D eigenvalue weighted by Crippen LogP contribution is 2.29. The first-order valence-electron chi connectivity index (χ1n) is 12.0. The second-order valence-corrected chi connectivity index (χ2v) is 9.02. The summed E-state index contributed by atoms with van der Waals surface area (Å²) in [5.74, 6) is 1.12. The first-order chi connectivity index (χ1) is 17.0. The van der Waals surface area contributed by atoms with Crippen LogP contribution in [0.15, 0.2) is 67.0 Å². The van der Waals surface area contributed by atoms with Crippen LogP contribution in [0.2, 0.25) is 0 Å². The molecule has 2 aromatic carbocycles. The lowest BCUT2D eigenvalue weighted by molar-refractivity contribution is -0.115. The van der Waals surface area contributed by atoms with Crippen LogP contribution in [-0.4, -0.2) is 37.0 Å². The molecule has 0 spiro atoms. The van der Waals surface area contributed by atoms with Crippen molar-refractivity contribution in [1.82, 2.24) is 10.3 Å². The molecule has 2 heterocycles. The minimum atomic E-state index is -0.172. The zero-order valence-corrected chi connectivity index (χ0v) is 20.3.